The molecular weight excluding hydrogens is 362 g/mol. The van der Waals surface area contributed by atoms with Crippen molar-refractivity contribution in [1.82, 2.24) is 0 Å². The van der Waals surface area contributed by atoms with Crippen LogP contribution in [0.15, 0.2) is 59.2 Å². The average Bonchev–Trinajstić information content (AvgIpc) is 2.99. The Morgan fingerprint density at radius 1 is 0.964 bits per heavy atom. The van der Waals surface area contributed by atoms with Crippen LogP contribution in [0.3, 0.4) is 0 Å². The number of carbonyl (C=O) groups excluding carboxylic acids is 1. The minimum absolute atomic E-state index is 0.0487. The first kappa shape index (κ1) is 18.8. The summed E-state index contributed by atoms with van der Waals surface area (Å²) in [5.41, 5.74) is 1.53. The topological polar surface area (TPSA) is 111 Å². The summed E-state index contributed by atoms with van der Waals surface area (Å²) in [5.74, 6) is -3.03. The molecule has 8 heteroatoms. The molecule has 142 valence electrons. The lowest BCUT2D eigenvalue weighted by Crippen LogP contribution is -2.22. The van der Waals surface area contributed by atoms with Gasteiger partial charge in [0.1, 0.15) is 0 Å². The summed E-state index contributed by atoms with van der Waals surface area (Å²) in [4.78, 5) is 37.2. The van der Waals surface area contributed by atoms with Crippen molar-refractivity contribution in [1.29, 1.82) is 0 Å². The lowest BCUT2D eigenvalue weighted by molar-refractivity contribution is -0.129. The molecule has 0 bridgehead atoms. The van der Waals surface area contributed by atoms with Crippen molar-refractivity contribution in [2.45, 2.75) is 0 Å². The Hall–Kier alpha value is -3.94. The first-order valence-electron chi connectivity index (χ1n) is 8.27. The van der Waals surface area contributed by atoms with Crippen LogP contribution in [0.5, 0.6) is 0 Å². The Morgan fingerprint density at radius 2 is 1.57 bits per heavy atom. The van der Waals surface area contributed by atoms with Gasteiger partial charge in [0, 0.05) is 19.8 Å². The molecule has 2 N–H and O–H groups in total. The lowest BCUT2D eigenvalue weighted by atomic mass is 10.1. The van der Waals surface area contributed by atoms with Crippen LogP contribution in [0.2, 0.25) is 0 Å². The molecule has 1 amide bonds. The first-order chi connectivity index (χ1) is 13.3. The third-order valence-corrected chi connectivity index (χ3v) is 4.16. The summed E-state index contributed by atoms with van der Waals surface area (Å²) in [6.45, 7) is 0. The number of nitrogens with zero attached hydrogens (tertiary/aromatic N) is 3. The lowest BCUT2D eigenvalue weighted by Gasteiger charge is -2.12. The Labute approximate surface area is 160 Å². The van der Waals surface area contributed by atoms with E-state index in [2.05, 4.69) is 5.10 Å². The zero-order chi connectivity index (χ0) is 20.4. The maximum absolute atomic E-state index is 12.8. The van der Waals surface area contributed by atoms with Crippen LogP contribution < -0.4 is 9.91 Å². The molecule has 1 heterocycles. The van der Waals surface area contributed by atoms with Gasteiger partial charge in [-0.3, -0.25) is 4.79 Å². The maximum Gasteiger partial charge on any atom is 0.357 e. The van der Waals surface area contributed by atoms with E-state index in [0.29, 0.717) is 5.56 Å². The minimum atomic E-state index is -1.32. The molecule has 0 saturated carbocycles. The van der Waals surface area contributed by atoms with Crippen molar-refractivity contribution < 1.29 is 24.6 Å². The summed E-state index contributed by atoms with van der Waals surface area (Å²) >= 11 is 0. The van der Waals surface area contributed by atoms with Gasteiger partial charge in [-0.25, -0.2) is 9.59 Å². The number of carboxylic acids is 2. The standard InChI is InChI=1S/C20H17N3O5/c1-22(2)14-7-3-12(4-8-14)11-16-17(20(27)28)21-23(18(16)24)15-9-5-13(6-10-15)19(25)26/h3-11H,1-2H3,(H,25,26)(H,27,28). The number of amides is 1. The molecule has 0 unspecified atom stereocenters. The highest BCUT2D eigenvalue weighted by Gasteiger charge is 2.35. The van der Waals surface area contributed by atoms with Gasteiger partial charge in [0.2, 0.25) is 0 Å². The average molecular weight is 379 g/mol. The van der Waals surface area contributed by atoms with Crippen molar-refractivity contribution in [3.63, 3.8) is 0 Å². The Balaban J connectivity index is 1.96. The van der Waals surface area contributed by atoms with Crippen LogP contribution in [0.1, 0.15) is 15.9 Å². The molecule has 1 aliphatic rings. The molecule has 8 nitrogen and oxygen atoms in total. The van der Waals surface area contributed by atoms with Gasteiger partial charge in [-0.1, -0.05) is 12.1 Å². The Kier molecular flexibility index (Phi) is 4.95. The number of benzene rings is 2. The van der Waals surface area contributed by atoms with E-state index in [1.54, 1.807) is 12.1 Å². The smallest absolute Gasteiger partial charge is 0.357 e. The summed E-state index contributed by atoms with van der Waals surface area (Å²) in [6, 6.07) is 12.7. The number of hydrogen-bond acceptors (Lipinski definition) is 5. The van der Waals surface area contributed by atoms with E-state index in [4.69, 9.17) is 5.11 Å². The van der Waals surface area contributed by atoms with Gasteiger partial charge in [0.25, 0.3) is 5.91 Å². The predicted molar refractivity (Wildman–Crippen MR) is 105 cm³/mol. The highest BCUT2D eigenvalue weighted by atomic mass is 16.4. The minimum Gasteiger partial charge on any atom is -0.478 e. The molecule has 0 fully saturated rings. The zero-order valence-electron chi connectivity index (χ0n) is 15.2. The predicted octanol–water partition coefficient (Wildman–Crippen LogP) is 2.32. The molecular formula is C20H17N3O5. The normalized spacial score (nSPS) is 14.9. The number of hydrazone groups is 1. The van der Waals surface area contributed by atoms with Crippen molar-refractivity contribution in [3.8, 4) is 0 Å². The second-order valence-corrected chi connectivity index (χ2v) is 6.27. The van der Waals surface area contributed by atoms with E-state index in [1.165, 1.54) is 30.3 Å². The number of aromatic carboxylic acids is 1. The fraction of sp³-hybridized carbons (Fsp3) is 0.100. The third kappa shape index (κ3) is 3.61. The number of hydrogen-bond donors (Lipinski definition) is 2. The molecule has 1 aliphatic heterocycles. The van der Waals surface area contributed by atoms with Gasteiger partial charge in [0.05, 0.1) is 16.8 Å². The van der Waals surface area contributed by atoms with Gasteiger partial charge in [-0.15, -0.1) is 0 Å². The van der Waals surface area contributed by atoms with Crippen LogP contribution in [-0.4, -0.2) is 47.9 Å². The van der Waals surface area contributed by atoms with Crippen molar-refractivity contribution in [2.24, 2.45) is 5.10 Å². The molecule has 3 rings (SSSR count). The largest absolute Gasteiger partial charge is 0.478 e. The Bertz CT molecular complexity index is 1010. The van der Waals surface area contributed by atoms with E-state index < -0.39 is 17.8 Å². The molecule has 0 aliphatic carbocycles. The SMILES string of the molecule is CN(C)c1ccc(C=C2C(=O)N(c3ccc(C(=O)O)cc3)N=C2C(=O)O)cc1. The summed E-state index contributed by atoms with van der Waals surface area (Å²) in [5, 5.41) is 23.3. The molecule has 0 saturated heterocycles. The number of rotatable bonds is 5. The second-order valence-electron chi connectivity index (χ2n) is 6.27. The van der Waals surface area contributed by atoms with Gasteiger partial charge < -0.3 is 15.1 Å². The molecule has 2 aromatic carbocycles. The van der Waals surface area contributed by atoms with Crippen molar-refractivity contribution in [3.05, 3.63) is 65.2 Å². The van der Waals surface area contributed by atoms with Crippen LogP contribution in [0, 0.1) is 0 Å². The second kappa shape index (κ2) is 7.36. The molecule has 2 aromatic rings. The molecule has 0 atom stereocenters. The van der Waals surface area contributed by atoms with E-state index in [1.807, 2.05) is 31.1 Å². The van der Waals surface area contributed by atoms with Crippen molar-refractivity contribution >= 4 is 41.0 Å². The van der Waals surface area contributed by atoms with E-state index in [9.17, 15) is 19.5 Å². The van der Waals surface area contributed by atoms with Crippen LogP contribution in [0.4, 0.5) is 11.4 Å². The van der Waals surface area contributed by atoms with Crippen LogP contribution >= 0.6 is 0 Å². The van der Waals surface area contributed by atoms with Crippen LogP contribution in [0.25, 0.3) is 6.08 Å². The highest BCUT2D eigenvalue weighted by molar-refractivity contribution is 6.53. The van der Waals surface area contributed by atoms with Gasteiger partial charge in [-0.05, 0) is 48.0 Å². The number of anilines is 2. The van der Waals surface area contributed by atoms with E-state index >= 15 is 0 Å². The fourth-order valence-corrected chi connectivity index (χ4v) is 2.66. The third-order valence-electron chi connectivity index (χ3n) is 4.16. The zero-order valence-corrected chi connectivity index (χ0v) is 15.2. The quantitative estimate of drug-likeness (QED) is 0.772. The van der Waals surface area contributed by atoms with Gasteiger partial charge >= 0.3 is 11.9 Å². The molecule has 0 aromatic heterocycles. The number of carboxylic acid groups (broad SMARTS) is 2. The summed E-state index contributed by atoms with van der Waals surface area (Å²) in [7, 11) is 3.80. The molecule has 0 radical (unpaired) electrons. The fourth-order valence-electron chi connectivity index (χ4n) is 2.66. The Morgan fingerprint density at radius 3 is 2.07 bits per heavy atom. The summed E-state index contributed by atoms with van der Waals surface area (Å²) in [6.07, 6.45) is 1.47. The highest BCUT2D eigenvalue weighted by Crippen LogP contribution is 2.26. The number of carbonyl (C=O) groups is 3. The maximum atomic E-state index is 12.8. The van der Waals surface area contributed by atoms with E-state index in [0.717, 1.165) is 10.7 Å². The van der Waals surface area contributed by atoms with E-state index in [-0.39, 0.29) is 22.5 Å². The van der Waals surface area contributed by atoms with Crippen LogP contribution in [-0.2, 0) is 9.59 Å². The van der Waals surface area contributed by atoms with Crippen molar-refractivity contribution in [2.75, 3.05) is 24.0 Å². The summed E-state index contributed by atoms with van der Waals surface area (Å²) < 4.78 is 0. The van der Waals surface area contributed by atoms with Gasteiger partial charge in [0.15, 0.2) is 5.71 Å². The number of aliphatic carboxylic acids is 1. The molecule has 0 spiro atoms. The van der Waals surface area contributed by atoms with Gasteiger partial charge in [-0.2, -0.15) is 10.1 Å². The molecule has 28 heavy (non-hydrogen) atoms. The first-order valence-corrected chi connectivity index (χ1v) is 8.27. The monoisotopic (exact) mass is 379 g/mol.